The number of aromatic nitrogens is 1. The molecule has 3 nitrogen and oxygen atoms in total. The van der Waals surface area contributed by atoms with E-state index in [4.69, 9.17) is 0 Å². The van der Waals surface area contributed by atoms with Crippen molar-refractivity contribution >= 4 is 5.82 Å². The van der Waals surface area contributed by atoms with Gasteiger partial charge in [-0.15, -0.1) is 0 Å². The maximum Gasteiger partial charge on any atom is 0.168 e. The fourth-order valence-corrected chi connectivity index (χ4v) is 3.48. The number of anilines is 1. The predicted octanol–water partition coefficient (Wildman–Crippen LogP) is 2.64. The van der Waals surface area contributed by atoms with Gasteiger partial charge < -0.3 is 10.2 Å². The molecule has 2 unspecified atom stereocenters. The number of nitrogens with zero attached hydrogens (tertiary/aromatic N) is 2. The highest BCUT2D eigenvalue weighted by atomic mass is 19.1. The van der Waals surface area contributed by atoms with Crippen LogP contribution in [0.1, 0.15) is 25.7 Å². The normalized spacial score (nSPS) is 30.6. The van der Waals surface area contributed by atoms with Gasteiger partial charge in [-0.05, 0) is 38.6 Å². The van der Waals surface area contributed by atoms with Crippen LogP contribution in [0.4, 0.5) is 14.6 Å². The minimum absolute atomic E-state index is 0.160. The number of piperidine rings is 1. The second-order valence-electron chi connectivity index (χ2n) is 5.75. The molecule has 3 heterocycles. The number of halogens is 2. The van der Waals surface area contributed by atoms with E-state index in [0.29, 0.717) is 18.0 Å². The van der Waals surface area contributed by atoms with Gasteiger partial charge in [0.1, 0.15) is 5.82 Å². The number of nitrogens with one attached hydrogen (secondary N) is 1. The van der Waals surface area contributed by atoms with Gasteiger partial charge in [0.15, 0.2) is 11.6 Å². The predicted molar refractivity (Wildman–Crippen MR) is 69.9 cm³/mol. The molecule has 0 spiro atoms. The zero-order chi connectivity index (χ0) is 13.4. The molecule has 2 bridgehead atoms. The molecular formula is C14H19F2N3. The summed E-state index contributed by atoms with van der Waals surface area (Å²) in [6.07, 6.45) is 5.91. The van der Waals surface area contributed by atoms with Gasteiger partial charge in [-0.3, -0.25) is 0 Å². The monoisotopic (exact) mass is 267 g/mol. The standard InChI is InChI=1S/C14H19F2N3/c1-19-11-2-3-12(19)5-9(4-11)7-17-14-13(16)6-10(15)8-18-14/h6,8-9,11-12H,2-5,7H2,1H3,(H,17,18). The number of fused-ring (bicyclic) bond motifs is 2. The summed E-state index contributed by atoms with van der Waals surface area (Å²) in [5.41, 5.74) is 0. The van der Waals surface area contributed by atoms with Gasteiger partial charge >= 0.3 is 0 Å². The Balaban J connectivity index is 1.58. The molecule has 0 aromatic carbocycles. The Morgan fingerprint density at radius 1 is 1.32 bits per heavy atom. The van der Waals surface area contributed by atoms with Gasteiger partial charge in [0.2, 0.25) is 0 Å². The minimum Gasteiger partial charge on any atom is -0.367 e. The molecule has 2 saturated heterocycles. The van der Waals surface area contributed by atoms with E-state index in [9.17, 15) is 8.78 Å². The van der Waals surface area contributed by atoms with E-state index in [-0.39, 0.29) is 5.82 Å². The molecule has 1 aromatic heterocycles. The summed E-state index contributed by atoms with van der Waals surface area (Å²) in [5.74, 6) is -0.538. The van der Waals surface area contributed by atoms with Crippen LogP contribution in [-0.2, 0) is 0 Å². The summed E-state index contributed by atoms with van der Waals surface area (Å²) in [4.78, 5) is 6.24. The maximum absolute atomic E-state index is 13.5. The fourth-order valence-electron chi connectivity index (χ4n) is 3.48. The summed E-state index contributed by atoms with van der Waals surface area (Å²) >= 11 is 0. The van der Waals surface area contributed by atoms with Crippen LogP contribution in [0.2, 0.25) is 0 Å². The van der Waals surface area contributed by atoms with Gasteiger partial charge in [-0.1, -0.05) is 0 Å². The molecule has 5 heteroatoms. The molecule has 0 radical (unpaired) electrons. The van der Waals surface area contributed by atoms with Crippen molar-refractivity contribution < 1.29 is 8.78 Å². The molecule has 2 atom stereocenters. The SMILES string of the molecule is CN1C2CCC1CC(CNc1ncc(F)cc1F)C2. The topological polar surface area (TPSA) is 28.2 Å². The summed E-state index contributed by atoms with van der Waals surface area (Å²) in [6, 6.07) is 2.22. The lowest BCUT2D eigenvalue weighted by Gasteiger charge is -2.36. The average Bonchev–Trinajstić information content (AvgIpc) is 2.62. The van der Waals surface area contributed by atoms with Crippen LogP contribution in [0.3, 0.4) is 0 Å². The molecule has 1 N–H and O–H groups in total. The van der Waals surface area contributed by atoms with E-state index < -0.39 is 11.6 Å². The molecule has 0 amide bonds. The zero-order valence-electron chi connectivity index (χ0n) is 11.1. The fraction of sp³-hybridized carbons (Fsp3) is 0.643. The van der Waals surface area contributed by atoms with E-state index in [2.05, 4.69) is 22.2 Å². The van der Waals surface area contributed by atoms with E-state index in [1.54, 1.807) is 0 Å². The lowest BCUT2D eigenvalue weighted by atomic mass is 9.91. The third kappa shape index (κ3) is 2.56. The Hall–Kier alpha value is -1.23. The first-order valence-electron chi connectivity index (χ1n) is 6.90. The second-order valence-corrected chi connectivity index (χ2v) is 5.75. The van der Waals surface area contributed by atoms with Crippen LogP contribution in [-0.4, -0.2) is 35.6 Å². The molecule has 1 aromatic rings. The van der Waals surface area contributed by atoms with Crippen molar-refractivity contribution in [2.75, 3.05) is 18.9 Å². The number of rotatable bonds is 3. The lowest BCUT2D eigenvalue weighted by molar-refractivity contribution is 0.139. The molecule has 19 heavy (non-hydrogen) atoms. The van der Waals surface area contributed by atoms with Gasteiger partial charge in [0, 0.05) is 24.7 Å². The van der Waals surface area contributed by atoms with Gasteiger partial charge in [0.25, 0.3) is 0 Å². The Morgan fingerprint density at radius 3 is 2.63 bits per heavy atom. The summed E-state index contributed by atoms with van der Waals surface area (Å²) in [6.45, 7) is 0.719. The highest BCUT2D eigenvalue weighted by Crippen LogP contribution is 2.37. The largest absolute Gasteiger partial charge is 0.367 e. The quantitative estimate of drug-likeness (QED) is 0.912. The van der Waals surface area contributed by atoms with Crippen LogP contribution >= 0.6 is 0 Å². The Kier molecular flexibility index (Phi) is 3.39. The molecule has 0 aliphatic carbocycles. The van der Waals surface area contributed by atoms with Gasteiger partial charge in [-0.25, -0.2) is 13.8 Å². The zero-order valence-corrected chi connectivity index (χ0v) is 11.1. The number of hydrogen-bond donors (Lipinski definition) is 1. The van der Waals surface area contributed by atoms with Crippen LogP contribution < -0.4 is 5.32 Å². The van der Waals surface area contributed by atoms with Crippen LogP contribution in [0.5, 0.6) is 0 Å². The molecule has 3 rings (SSSR count). The number of pyridine rings is 1. The number of hydrogen-bond acceptors (Lipinski definition) is 3. The van der Waals surface area contributed by atoms with Crippen LogP contribution in [0.25, 0.3) is 0 Å². The van der Waals surface area contributed by atoms with Crippen molar-refractivity contribution in [3.63, 3.8) is 0 Å². The minimum atomic E-state index is -0.639. The second kappa shape index (κ2) is 5.04. The first-order chi connectivity index (χ1) is 9.13. The van der Waals surface area contributed by atoms with Gasteiger partial charge in [0.05, 0.1) is 6.20 Å². The smallest absolute Gasteiger partial charge is 0.168 e. The molecule has 104 valence electrons. The van der Waals surface area contributed by atoms with Crippen LogP contribution in [0.15, 0.2) is 12.3 Å². The average molecular weight is 267 g/mol. The van der Waals surface area contributed by atoms with Crippen molar-refractivity contribution in [2.45, 2.75) is 37.8 Å². The van der Waals surface area contributed by atoms with E-state index in [0.717, 1.165) is 31.6 Å². The van der Waals surface area contributed by atoms with Crippen LogP contribution in [0, 0.1) is 17.6 Å². The molecule has 2 aliphatic rings. The van der Waals surface area contributed by atoms with E-state index in [1.165, 1.54) is 12.8 Å². The van der Waals surface area contributed by atoms with Gasteiger partial charge in [-0.2, -0.15) is 0 Å². The van der Waals surface area contributed by atoms with Crippen molar-refractivity contribution in [3.8, 4) is 0 Å². The maximum atomic E-state index is 13.5. The third-order valence-corrected chi connectivity index (χ3v) is 4.56. The molecule has 0 saturated carbocycles. The van der Waals surface area contributed by atoms with Crippen molar-refractivity contribution in [2.24, 2.45) is 5.92 Å². The van der Waals surface area contributed by atoms with E-state index in [1.807, 2.05) is 0 Å². The Labute approximate surface area is 112 Å². The summed E-state index contributed by atoms with van der Waals surface area (Å²) < 4.78 is 26.2. The molecule has 2 aliphatic heterocycles. The molecule has 2 fully saturated rings. The highest BCUT2D eigenvalue weighted by Gasteiger charge is 2.38. The lowest BCUT2D eigenvalue weighted by Crippen LogP contribution is -2.41. The highest BCUT2D eigenvalue weighted by molar-refractivity contribution is 5.35. The van der Waals surface area contributed by atoms with Crippen molar-refractivity contribution in [3.05, 3.63) is 23.9 Å². The Morgan fingerprint density at radius 2 is 2.00 bits per heavy atom. The molecular weight excluding hydrogens is 248 g/mol. The van der Waals surface area contributed by atoms with Crippen molar-refractivity contribution in [1.29, 1.82) is 0 Å². The van der Waals surface area contributed by atoms with E-state index >= 15 is 0 Å². The first kappa shape index (κ1) is 12.8. The summed E-state index contributed by atoms with van der Waals surface area (Å²) in [5, 5.41) is 3.02. The third-order valence-electron chi connectivity index (χ3n) is 4.56. The Bertz CT molecular complexity index is 452. The van der Waals surface area contributed by atoms with Crippen molar-refractivity contribution in [1.82, 2.24) is 9.88 Å². The summed E-state index contributed by atoms with van der Waals surface area (Å²) in [7, 11) is 2.20. The first-order valence-corrected chi connectivity index (χ1v) is 6.90.